The molecule has 0 N–H and O–H groups in total. The van der Waals surface area contributed by atoms with Gasteiger partial charge in [-0.25, -0.2) is 0 Å². The summed E-state index contributed by atoms with van der Waals surface area (Å²) in [5, 5.41) is 0. The predicted molar refractivity (Wildman–Crippen MR) is 102 cm³/mol. The van der Waals surface area contributed by atoms with Gasteiger partial charge in [0, 0.05) is 0 Å². The third kappa shape index (κ3) is 6.09. The van der Waals surface area contributed by atoms with E-state index in [0.717, 1.165) is 12.8 Å². The predicted octanol–water partition coefficient (Wildman–Crippen LogP) is 5.67. The lowest BCUT2D eigenvalue weighted by Crippen LogP contribution is -2.24. The molecule has 0 radical (unpaired) electrons. The first-order valence-corrected chi connectivity index (χ1v) is 9.57. The summed E-state index contributed by atoms with van der Waals surface area (Å²) in [6.45, 7) is 3.03. The standard InChI is InChI=1S/C20H25IO/c1-17(15-18-9-4-2-5-10-18)20(13-8-14-21)22-16-19-11-6-3-7-12-19/h2-7,9-12,17,20H,8,13-16H2,1H3/t17-,20-/m1/s1. The highest BCUT2D eigenvalue weighted by Gasteiger charge is 2.18. The number of halogens is 1. The molecule has 0 saturated heterocycles. The van der Waals surface area contributed by atoms with Crippen LogP contribution in [0.4, 0.5) is 0 Å². The Morgan fingerprint density at radius 2 is 1.50 bits per heavy atom. The second-order valence-electron chi connectivity index (χ2n) is 5.83. The van der Waals surface area contributed by atoms with E-state index in [2.05, 4.69) is 90.2 Å². The van der Waals surface area contributed by atoms with Gasteiger partial charge in [0.15, 0.2) is 0 Å². The van der Waals surface area contributed by atoms with Gasteiger partial charge in [-0.05, 0) is 40.7 Å². The lowest BCUT2D eigenvalue weighted by Gasteiger charge is -2.24. The van der Waals surface area contributed by atoms with Crippen molar-refractivity contribution in [3.8, 4) is 0 Å². The lowest BCUT2D eigenvalue weighted by atomic mass is 9.93. The van der Waals surface area contributed by atoms with Crippen molar-refractivity contribution in [2.45, 2.75) is 38.9 Å². The molecule has 0 amide bonds. The molecule has 2 atom stereocenters. The monoisotopic (exact) mass is 408 g/mol. The first kappa shape index (κ1) is 17.5. The van der Waals surface area contributed by atoms with Crippen LogP contribution in [-0.4, -0.2) is 10.5 Å². The molecule has 0 unspecified atom stereocenters. The molecular formula is C20H25IO. The van der Waals surface area contributed by atoms with Gasteiger partial charge in [0.25, 0.3) is 0 Å². The number of hydrogen-bond acceptors (Lipinski definition) is 1. The molecule has 0 aliphatic carbocycles. The Balaban J connectivity index is 1.92. The van der Waals surface area contributed by atoms with Crippen LogP contribution in [0.15, 0.2) is 60.7 Å². The largest absolute Gasteiger partial charge is 0.373 e. The highest BCUT2D eigenvalue weighted by Crippen LogP contribution is 2.20. The average molecular weight is 408 g/mol. The van der Waals surface area contributed by atoms with Crippen molar-refractivity contribution in [2.24, 2.45) is 5.92 Å². The quantitative estimate of drug-likeness (QED) is 0.384. The molecule has 0 bridgehead atoms. The zero-order valence-electron chi connectivity index (χ0n) is 13.2. The summed E-state index contributed by atoms with van der Waals surface area (Å²) in [4.78, 5) is 0. The van der Waals surface area contributed by atoms with Crippen LogP contribution < -0.4 is 0 Å². The SMILES string of the molecule is C[C@H](Cc1ccccc1)[C@@H](CCCI)OCc1ccccc1. The second kappa shape index (κ2) is 10.0. The Morgan fingerprint density at radius 1 is 0.909 bits per heavy atom. The summed E-state index contributed by atoms with van der Waals surface area (Å²) in [5.74, 6) is 0.536. The Morgan fingerprint density at radius 3 is 2.09 bits per heavy atom. The minimum Gasteiger partial charge on any atom is -0.373 e. The first-order valence-electron chi connectivity index (χ1n) is 8.05. The van der Waals surface area contributed by atoms with Crippen LogP contribution >= 0.6 is 22.6 Å². The van der Waals surface area contributed by atoms with E-state index in [1.54, 1.807) is 0 Å². The van der Waals surface area contributed by atoms with Gasteiger partial charge in [-0.15, -0.1) is 0 Å². The van der Waals surface area contributed by atoms with Crippen molar-refractivity contribution < 1.29 is 4.74 Å². The summed E-state index contributed by atoms with van der Waals surface area (Å²) in [6, 6.07) is 21.2. The van der Waals surface area contributed by atoms with E-state index in [0.29, 0.717) is 18.6 Å². The number of rotatable bonds is 9. The molecule has 0 heterocycles. The summed E-state index contributed by atoms with van der Waals surface area (Å²) in [5.41, 5.74) is 2.66. The summed E-state index contributed by atoms with van der Waals surface area (Å²) < 4.78 is 7.46. The van der Waals surface area contributed by atoms with E-state index >= 15 is 0 Å². The molecule has 2 aromatic rings. The molecule has 0 aliphatic rings. The minimum absolute atomic E-state index is 0.329. The van der Waals surface area contributed by atoms with Crippen molar-refractivity contribution in [2.75, 3.05) is 4.43 Å². The Labute approximate surface area is 148 Å². The van der Waals surface area contributed by atoms with Crippen LogP contribution in [0.3, 0.4) is 0 Å². The van der Waals surface area contributed by atoms with E-state index in [4.69, 9.17) is 4.74 Å². The van der Waals surface area contributed by atoms with Crippen molar-refractivity contribution >= 4 is 22.6 Å². The summed E-state index contributed by atoms with van der Waals surface area (Å²) in [6.07, 6.45) is 3.78. The fourth-order valence-electron chi connectivity index (χ4n) is 2.71. The Bertz CT molecular complexity index is 512. The first-order chi connectivity index (χ1) is 10.8. The molecule has 1 nitrogen and oxygen atoms in total. The van der Waals surface area contributed by atoms with Gasteiger partial charge in [-0.2, -0.15) is 0 Å². The van der Waals surface area contributed by atoms with Gasteiger partial charge < -0.3 is 4.74 Å². The molecule has 0 saturated carbocycles. The van der Waals surface area contributed by atoms with E-state index in [1.807, 2.05) is 0 Å². The normalized spacial score (nSPS) is 13.7. The van der Waals surface area contributed by atoms with Crippen LogP contribution in [0.25, 0.3) is 0 Å². The smallest absolute Gasteiger partial charge is 0.0720 e. The van der Waals surface area contributed by atoms with Crippen molar-refractivity contribution in [1.29, 1.82) is 0 Å². The Hall–Kier alpha value is -0.870. The van der Waals surface area contributed by atoms with Gasteiger partial charge in [0.2, 0.25) is 0 Å². The third-order valence-electron chi connectivity index (χ3n) is 3.96. The molecule has 22 heavy (non-hydrogen) atoms. The fourth-order valence-corrected chi connectivity index (χ4v) is 3.15. The van der Waals surface area contributed by atoms with Crippen LogP contribution in [0.2, 0.25) is 0 Å². The fraction of sp³-hybridized carbons (Fsp3) is 0.400. The summed E-state index contributed by atoms with van der Waals surface area (Å²) >= 11 is 2.45. The van der Waals surface area contributed by atoms with Gasteiger partial charge in [-0.1, -0.05) is 90.2 Å². The van der Waals surface area contributed by atoms with Crippen LogP contribution in [0.1, 0.15) is 30.9 Å². The topological polar surface area (TPSA) is 9.23 Å². The highest BCUT2D eigenvalue weighted by atomic mass is 127. The van der Waals surface area contributed by atoms with Gasteiger partial charge in [-0.3, -0.25) is 0 Å². The van der Waals surface area contributed by atoms with E-state index in [-0.39, 0.29) is 0 Å². The molecule has 0 aliphatic heterocycles. The maximum atomic E-state index is 6.26. The van der Waals surface area contributed by atoms with E-state index in [9.17, 15) is 0 Å². The lowest BCUT2D eigenvalue weighted by molar-refractivity contribution is 0.000325. The molecule has 0 aromatic heterocycles. The van der Waals surface area contributed by atoms with Gasteiger partial charge in [0.1, 0.15) is 0 Å². The second-order valence-corrected chi connectivity index (χ2v) is 6.91. The van der Waals surface area contributed by atoms with E-state index < -0.39 is 0 Å². The van der Waals surface area contributed by atoms with Gasteiger partial charge >= 0.3 is 0 Å². The zero-order chi connectivity index (χ0) is 15.6. The molecule has 0 fully saturated rings. The molecule has 2 aromatic carbocycles. The molecule has 2 heteroatoms. The number of hydrogen-bond donors (Lipinski definition) is 0. The highest BCUT2D eigenvalue weighted by molar-refractivity contribution is 14.1. The van der Waals surface area contributed by atoms with Crippen LogP contribution in [-0.2, 0) is 17.8 Å². The van der Waals surface area contributed by atoms with Crippen molar-refractivity contribution in [3.63, 3.8) is 0 Å². The number of benzene rings is 2. The minimum atomic E-state index is 0.329. The van der Waals surface area contributed by atoms with Gasteiger partial charge in [0.05, 0.1) is 12.7 Å². The van der Waals surface area contributed by atoms with Crippen molar-refractivity contribution in [3.05, 3.63) is 71.8 Å². The Kier molecular flexibility index (Phi) is 7.95. The number of alkyl halides is 1. The van der Waals surface area contributed by atoms with Crippen molar-refractivity contribution in [1.82, 2.24) is 0 Å². The maximum Gasteiger partial charge on any atom is 0.0720 e. The molecule has 0 spiro atoms. The average Bonchev–Trinajstić information content (AvgIpc) is 2.56. The molecular weight excluding hydrogens is 383 g/mol. The molecule has 2 rings (SSSR count). The summed E-state index contributed by atoms with van der Waals surface area (Å²) in [7, 11) is 0. The van der Waals surface area contributed by atoms with Crippen LogP contribution in [0, 0.1) is 5.92 Å². The maximum absolute atomic E-state index is 6.26. The van der Waals surface area contributed by atoms with Crippen LogP contribution in [0.5, 0.6) is 0 Å². The third-order valence-corrected chi connectivity index (χ3v) is 4.73. The molecule has 118 valence electrons. The number of ether oxygens (including phenoxy) is 1. The zero-order valence-corrected chi connectivity index (χ0v) is 15.4. The van der Waals surface area contributed by atoms with E-state index in [1.165, 1.54) is 22.0 Å².